The fourth-order valence-corrected chi connectivity index (χ4v) is 4.61. The van der Waals surface area contributed by atoms with Crippen molar-refractivity contribution in [1.82, 2.24) is 0 Å². The van der Waals surface area contributed by atoms with Crippen molar-refractivity contribution in [3.8, 4) is 0 Å². The summed E-state index contributed by atoms with van der Waals surface area (Å²) in [5, 5.41) is 13.7. The van der Waals surface area contributed by atoms with Gasteiger partial charge in [0.2, 0.25) is 5.91 Å². The summed E-state index contributed by atoms with van der Waals surface area (Å²) in [4.78, 5) is 40.0. The summed E-state index contributed by atoms with van der Waals surface area (Å²) < 4.78 is 0. The summed E-state index contributed by atoms with van der Waals surface area (Å²) in [6.45, 7) is 7.76. The number of carbonyl (C=O) groups is 3. The first-order valence-electron chi connectivity index (χ1n) is 12.4. The Kier molecular flexibility index (Phi) is 7.30. The normalized spacial score (nSPS) is 15.7. The second-order valence-electron chi connectivity index (χ2n) is 10.4. The van der Waals surface area contributed by atoms with E-state index in [-0.39, 0.29) is 29.1 Å². The molecule has 1 aliphatic rings. The molecule has 0 fully saturated rings. The zero-order valence-corrected chi connectivity index (χ0v) is 21.6. The van der Waals surface area contributed by atoms with Crippen LogP contribution in [-0.4, -0.2) is 22.7 Å². The van der Waals surface area contributed by atoms with Gasteiger partial charge in [-0.15, -0.1) is 0 Å². The zero-order chi connectivity index (χ0) is 26.7. The number of aliphatic hydroxyl groups is 1. The number of benzene rings is 3. The van der Waals surface area contributed by atoms with Crippen LogP contribution in [0.4, 0.5) is 11.4 Å². The highest BCUT2D eigenvalue weighted by atomic mass is 16.3. The Balaban J connectivity index is 1.75. The quantitative estimate of drug-likeness (QED) is 0.417. The molecule has 0 radical (unpaired) electrons. The van der Waals surface area contributed by atoms with Gasteiger partial charge >= 0.3 is 0 Å². The molecule has 4 rings (SSSR count). The Morgan fingerprint density at radius 2 is 1.62 bits per heavy atom. The summed E-state index contributed by atoms with van der Waals surface area (Å²) in [5.74, 6) is -1.70. The fourth-order valence-electron chi connectivity index (χ4n) is 4.61. The van der Waals surface area contributed by atoms with E-state index in [9.17, 15) is 19.5 Å². The van der Waals surface area contributed by atoms with Crippen molar-refractivity contribution in [2.45, 2.75) is 52.0 Å². The molecule has 0 aliphatic carbocycles. The molecule has 1 heterocycles. The molecule has 0 bridgehead atoms. The molecule has 0 saturated heterocycles. The van der Waals surface area contributed by atoms with Crippen LogP contribution in [0.2, 0.25) is 0 Å². The Hall–Kier alpha value is -4.19. The van der Waals surface area contributed by atoms with E-state index in [1.807, 2.05) is 54.6 Å². The fraction of sp³-hybridized carbons (Fsp3) is 0.258. The Morgan fingerprint density at radius 1 is 0.946 bits per heavy atom. The number of amides is 2. The lowest BCUT2D eigenvalue weighted by Crippen LogP contribution is -2.31. The largest absolute Gasteiger partial charge is 0.503 e. The maximum absolute atomic E-state index is 13.5. The molecular weight excluding hydrogens is 464 g/mol. The van der Waals surface area contributed by atoms with Crippen LogP contribution in [0.15, 0.2) is 90.2 Å². The summed E-state index contributed by atoms with van der Waals surface area (Å²) in [6, 6.07) is 23.5. The number of aryl methyl sites for hydroxylation is 1. The molecule has 1 aliphatic heterocycles. The van der Waals surface area contributed by atoms with Crippen molar-refractivity contribution in [3.05, 3.63) is 107 Å². The average Bonchev–Trinajstić information content (AvgIpc) is 3.13. The van der Waals surface area contributed by atoms with E-state index in [4.69, 9.17) is 0 Å². The molecule has 2 N–H and O–H groups in total. The number of hydrogen-bond donors (Lipinski definition) is 2. The average molecular weight is 497 g/mol. The lowest BCUT2D eigenvalue weighted by molar-refractivity contribution is -0.118. The lowest BCUT2D eigenvalue weighted by atomic mass is 9.85. The molecule has 190 valence electrons. The van der Waals surface area contributed by atoms with Crippen molar-refractivity contribution in [1.29, 1.82) is 0 Å². The molecule has 3 aromatic rings. The number of rotatable bonds is 7. The third-order valence-corrected chi connectivity index (χ3v) is 6.53. The monoisotopic (exact) mass is 496 g/mol. The predicted molar refractivity (Wildman–Crippen MR) is 146 cm³/mol. The highest BCUT2D eigenvalue weighted by Gasteiger charge is 2.44. The topological polar surface area (TPSA) is 86.7 Å². The van der Waals surface area contributed by atoms with Gasteiger partial charge in [0.15, 0.2) is 11.5 Å². The van der Waals surface area contributed by atoms with Crippen molar-refractivity contribution in [3.63, 3.8) is 0 Å². The lowest BCUT2D eigenvalue weighted by Gasteiger charge is -2.28. The van der Waals surface area contributed by atoms with Crippen LogP contribution in [0.25, 0.3) is 0 Å². The Morgan fingerprint density at radius 3 is 2.24 bits per heavy atom. The number of nitrogens with zero attached hydrogens (tertiary/aromatic N) is 1. The van der Waals surface area contributed by atoms with E-state index in [0.29, 0.717) is 17.8 Å². The van der Waals surface area contributed by atoms with E-state index >= 15 is 0 Å². The Labute approximate surface area is 217 Å². The molecule has 6 heteroatoms. The molecule has 0 saturated carbocycles. The molecule has 1 unspecified atom stereocenters. The first-order chi connectivity index (χ1) is 17.6. The van der Waals surface area contributed by atoms with Gasteiger partial charge < -0.3 is 10.4 Å². The van der Waals surface area contributed by atoms with Gasteiger partial charge in [-0.2, -0.15) is 0 Å². The number of anilines is 2. The third-order valence-electron chi connectivity index (χ3n) is 6.53. The molecule has 2 amide bonds. The van der Waals surface area contributed by atoms with Gasteiger partial charge in [0.1, 0.15) is 0 Å². The van der Waals surface area contributed by atoms with Crippen LogP contribution in [0.3, 0.4) is 0 Å². The van der Waals surface area contributed by atoms with Gasteiger partial charge in [-0.3, -0.25) is 19.3 Å². The predicted octanol–water partition coefficient (Wildman–Crippen LogP) is 6.04. The first-order valence-corrected chi connectivity index (χ1v) is 12.4. The molecule has 0 spiro atoms. The SMILES string of the molecule is CC(=O)Nc1cccc(N2C(=O)C(O)=C(C(=O)CCc3ccccc3)C2c2ccc(C(C)(C)C)cc2)c1. The number of carbonyl (C=O) groups excluding carboxylic acids is 3. The van der Waals surface area contributed by atoms with E-state index in [1.165, 1.54) is 11.8 Å². The minimum absolute atomic E-state index is 0.0668. The maximum Gasteiger partial charge on any atom is 0.294 e. The van der Waals surface area contributed by atoms with Gasteiger partial charge in [0, 0.05) is 24.7 Å². The number of ketones is 1. The van der Waals surface area contributed by atoms with E-state index in [1.54, 1.807) is 24.3 Å². The van der Waals surface area contributed by atoms with Gasteiger partial charge in [0.25, 0.3) is 5.91 Å². The Bertz CT molecular complexity index is 1350. The second kappa shape index (κ2) is 10.4. The van der Waals surface area contributed by atoms with Crippen LogP contribution < -0.4 is 10.2 Å². The highest BCUT2D eigenvalue weighted by molar-refractivity contribution is 6.16. The molecule has 3 aromatic carbocycles. The minimum atomic E-state index is -0.794. The van der Waals surface area contributed by atoms with Crippen LogP contribution >= 0.6 is 0 Å². The van der Waals surface area contributed by atoms with E-state index in [0.717, 1.165) is 16.7 Å². The number of aliphatic hydroxyl groups excluding tert-OH is 1. The van der Waals surface area contributed by atoms with Crippen LogP contribution in [0.1, 0.15) is 56.8 Å². The van der Waals surface area contributed by atoms with Gasteiger partial charge in [-0.05, 0) is 46.7 Å². The summed E-state index contributed by atoms with van der Waals surface area (Å²) in [6.07, 6.45) is 0.658. The molecule has 37 heavy (non-hydrogen) atoms. The minimum Gasteiger partial charge on any atom is -0.503 e. The molecule has 0 aromatic heterocycles. The van der Waals surface area contributed by atoms with E-state index in [2.05, 4.69) is 26.1 Å². The van der Waals surface area contributed by atoms with Crippen molar-refractivity contribution in [2.75, 3.05) is 10.2 Å². The van der Waals surface area contributed by atoms with Gasteiger partial charge in [-0.1, -0.05) is 81.4 Å². The van der Waals surface area contributed by atoms with Gasteiger partial charge in [0.05, 0.1) is 11.6 Å². The van der Waals surface area contributed by atoms with Crippen LogP contribution in [-0.2, 0) is 26.2 Å². The third kappa shape index (κ3) is 5.64. The van der Waals surface area contributed by atoms with Crippen molar-refractivity contribution >= 4 is 29.0 Å². The molecular formula is C31H32N2O4. The van der Waals surface area contributed by atoms with Crippen LogP contribution in [0.5, 0.6) is 0 Å². The maximum atomic E-state index is 13.5. The number of Topliss-reactive ketones (excluding diaryl/α,β-unsaturated/α-hetero) is 1. The first kappa shape index (κ1) is 25.9. The summed E-state index contributed by atoms with van der Waals surface area (Å²) in [5.41, 5.74) is 3.85. The smallest absolute Gasteiger partial charge is 0.294 e. The zero-order valence-electron chi connectivity index (χ0n) is 21.6. The summed E-state index contributed by atoms with van der Waals surface area (Å²) >= 11 is 0. The number of hydrogen-bond acceptors (Lipinski definition) is 4. The second-order valence-corrected chi connectivity index (χ2v) is 10.4. The molecule has 6 nitrogen and oxygen atoms in total. The highest BCUT2D eigenvalue weighted by Crippen LogP contribution is 2.42. The molecule has 1 atom stereocenters. The number of nitrogens with one attached hydrogen (secondary N) is 1. The van der Waals surface area contributed by atoms with E-state index < -0.39 is 17.7 Å². The van der Waals surface area contributed by atoms with Crippen molar-refractivity contribution in [2.24, 2.45) is 0 Å². The summed E-state index contributed by atoms with van der Waals surface area (Å²) in [7, 11) is 0. The van der Waals surface area contributed by atoms with Crippen molar-refractivity contribution < 1.29 is 19.5 Å². The van der Waals surface area contributed by atoms with Crippen LogP contribution in [0, 0.1) is 0 Å². The standard InChI is InChI=1S/C31H32N2O4/c1-20(34)32-24-11-8-12-25(19-24)33-28(22-14-16-23(17-15-22)31(2,3)4)27(29(36)30(33)37)26(35)18-13-21-9-6-5-7-10-21/h5-12,14-17,19,28,36H,13,18H2,1-4H3,(H,32,34). The van der Waals surface area contributed by atoms with Gasteiger partial charge in [-0.25, -0.2) is 0 Å².